The van der Waals surface area contributed by atoms with Crippen LogP contribution in [0.3, 0.4) is 0 Å². The molecule has 3 aromatic rings. The Kier molecular flexibility index (Phi) is 7.58. The van der Waals surface area contributed by atoms with E-state index in [1.54, 1.807) is 36.4 Å². The Bertz CT molecular complexity index is 1080. The van der Waals surface area contributed by atoms with E-state index in [1.165, 1.54) is 23.9 Å². The number of hydrogen-bond donors (Lipinski definition) is 1. The van der Waals surface area contributed by atoms with Crippen molar-refractivity contribution in [2.75, 3.05) is 0 Å². The minimum Gasteiger partial charge on any atom is -0.478 e. The lowest BCUT2D eigenvalue weighted by molar-refractivity contribution is -0.144. The number of carboxylic acid groups (broad SMARTS) is 1. The summed E-state index contributed by atoms with van der Waals surface area (Å²) in [4.78, 5) is 24.2. The van der Waals surface area contributed by atoms with E-state index < -0.39 is 23.7 Å². The van der Waals surface area contributed by atoms with Gasteiger partial charge in [0.1, 0.15) is 6.61 Å². The van der Waals surface area contributed by atoms with Gasteiger partial charge in [0, 0.05) is 10.6 Å². The molecule has 0 saturated heterocycles. The summed E-state index contributed by atoms with van der Waals surface area (Å²) in [6.07, 6.45) is -4.53. The van der Waals surface area contributed by atoms with Crippen LogP contribution < -0.4 is 0 Å². The molecule has 0 unspecified atom stereocenters. The van der Waals surface area contributed by atoms with Crippen molar-refractivity contribution in [1.29, 1.82) is 0 Å². The second-order valence-electron chi connectivity index (χ2n) is 6.93. The molecule has 4 nitrogen and oxygen atoms in total. The number of carbonyl (C=O) groups is 2. The number of benzene rings is 3. The van der Waals surface area contributed by atoms with Gasteiger partial charge in [0.15, 0.2) is 0 Å². The van der Waals surface area contributed by atoms with E-state index >= 15 is 0 Å². The zero-order valence-corrected chi connectivity index (χ0v) is 17.6. The summed E-state index contributed by atoms with van der Waals surface area (Å²) in [6.45, 7) is 0.0479. The van der Waals surface area contributed by atoms with Crippen LogP contribution in [-0.4, -0.2) is 17.0 Å². The minimum atomic E-state index is -4.41. The van der Waals surface area contributed by atoms with E-state index in [-0.39, 0.29) is 18.6 Å². The number of esters is 1. The van der Waals surface area contributed by atoms with Crippen molar-refractivity contribution >= 4 is 23.7 Å². The molecule has 166 valence electrons. The van der Waals surface area contributed by atoms with Crippen LogP contribution in [0.4, 0.5) is 13.2 Å². The van der Waals surface area contributed by atoms with Gasteiger partial charge in [-0.1, -0.05) is 42.5 Å². The predicted octanol–water partition coefficient (Wildman–Crippen LogP) is 5.98. The van der Waals surface area contributed by atoms with Crippen molar-refractivity contribution in [1.82, 2.24) is 0 Å². The number of hydrogen-bond acceptors (Lipinski definition) is 4. The van der Waals surface area contributed by atoms with E-state index in [0.717, 1.165) is 28.2 Å². The first-order valence-corrected chi connectivity index (χ1v) is 10.6. The van der Waals surface area contributed by atoms with Gasteiger partial charge in [-0.25, -0.2) is 4.79 Å². The number of halogens is 3. The predicted molar refractivity (Wildman–Crippen MR) is 114 cm³/mol. The molecule has 3 rings (SSSR count). The van der Waals surface area contributed by atoms with E-state index in [1.807, 2.05) is 12.1 Å². The monoisotopic (exact) mass is 460 g/mol. The highest BCUT2D eigenvalue weighted by Crippen LogP contribution is 2.29. The molecule has 8 heteroatoms. The number of carbonyl (C=O) groups excluding carboxylic acids is 1. The van der Waals surface area contributed by atoms with E-state index in [9.17, 15) is 27.9 Å². The van der Waals surface area contributed by atoms with E-state index in [4.69, 9.17) is 4.74 Å². The molecule has 0 amide bonds. The molecule has 32 heavy (non-hydrogen) atoms. The third-order valence-corrected chi connectivity index (χ3v) is 5.66. The molecule has 0 spiro atoms. The highest BCUT2D eigenvalue weighted by molar-refractivity contribution is 7.98. The normalized spacial score (nSPS) is 11.2. The lowest BCUT2D eigenvalue weighted by Crippen LogP contribution is -2.09. The van der Waals surface area contributed by atoms with Crippen molar-refractivity contribution < 1.29 is 32.6 Å². The number of rotatable bonds is 8. The number of ether oxygens (including phenoxy) is 1. The molecule has 0 fully saturated rings. The summed E-state index contributed by atoms with van der Waals surface area (Å²) < 4.78 is 43.0. The third kappa shape index (κ3) is 6.62. The molecule has 0 bridgehead atoms. The van der Waals surface area contributed by atoms with Crippen LogP contribution in [0.1, 0.15) is 32.6 Å². The van der Waals surface area contributed by atoms with Crippen molar-refractivity contribution in [2.24, 2.45) is 0 Å². The average molecular weight is 460 g/mol. The van der Waals surface area contributed by atoms with Gasteiger partial charge in [0.05, 0.1) is 17.5 Å². The highest BCUT2D eigenvalue weighted by Gasteiger charge is 2.30. The largest absolute Gasteiger partial charge is 0.478 e. The van der Waals surface area contributed by atoms with Crippen LogP contribution in [0.15, 0.2) is 77.7 Å². The molecule has 0 aliphatic heterocycles. The van der Waals surface area contributed by atoms with Crippen LogP contribution in [-0.2, 0) is 34.5 Å². The summed E-state index contributed by atoms with van der Waals surface area (Å²) in [7, 11) is 0. The summed E-state index contributed by atoms with van der Waals surface area (Å²) in [5, 5.41) is 9.24. The van der Waals surface area contributed by atoms with Gasteiger partial charge in [-0.15, -0.1) is 11.8 Å². The summed E-state index contributed by atoms with van der Waals surface area (Å²) in [5.41, 5.74) is 1.44. The Balaban J connectivity index is 1.48. The van der Waals surface area contributed by atoms with Crippen molar-refractivity contribution in [2.45, 2.75) is 29.9 Å². The number of carboxylic acids is 1. The van der Waals surface area contributed by atoms with Gasteiger partial charge in [-0.2, -0.15) is 13.2 Å². The maximum atomic E-state index is 12.6. The molecule has 0 heterocycles. The second kappa shape index (κ2) is 10.4. The first-order valence-electron chi connectivity index (χ1n) is 9.57. The fourth-order valence-electron chi connectivity index (χ4n) is 2.89. The van der Waals surface area contributed by atoms with Gasteiger partial charge in [0.25, 0.3) is 0 Å². The standard InChI is InChI=1S/C24H19F3O4S/c25-24(26,27)19-9-5-16(6-10-19)13-22(28)31-14-17-7-11-20(12-8-17)32-15-18-3-1-2-4-21(18)23(29)30/h1-12H,13-15H2,(H,29,30). The van der Waals surface area contributed by atoms with Gasteiger partial charge in [-0.3, -0.25) is 4.79 Å². The van der Waals surface area contributed by atoms with Gasteiger partial charge < -0.3 is 9.84 Å². The topological polar surface area (TPSA) is 63.6 Å². The fourth-order valence-corrected chi connectivity index (χ4v) is 3.79. The van der Waals surface area contributed by atoms with E-state index in [2.05, 4.69) is 0 Å². The zero-order valence-electron chi connectivity index (χ0n) is 16.8. The fraction of sp³-hybridized carbons (Fsp3) is 0.167. The molecule has 0 aliphatic carbocycles. The van der Waals surface area contributed by atoms with Crippen molar-refractivity contribution in [3.8, 4) is 0 Å². The van der Waals surface area contributed by atoms with Crippen molar-refractivity contribution in [3.63, 3.8) is 0 Å². The number of aromatic carboxylic acids is 1. The Morgan fingerprint density at radius 3 is 2.12 bits per heavy atom. The molecule has 0 saturated carbocycles. The Morgan fingerprint density at radius 2 is 1.50 bits per heavy atom. The lowest BCUT2D eigenvalue weighted by atomic mass is 10.1. The Hall–Kier alpha value is -3.26. The Labute approximate surface area is 187 Å². The number of thioether (sulfide) groups is 1. The summed E-state index contributed by atoms with van der Waals surface area (Å²) >= 11 is 1.49. The van der Waals surface area contributed by atoms with Crippen LogP contribution in [0.25, 0.3) is 0 Å². The van der Waals surface area contributed by atoms with E-state index in [0.29, 0.717) is 11.3 Å². The highest BCUT2D eigenvalue weighted by atomic mass is 32.2. The molecular formula is C24H19F3O4S. The lowest BCUT2D eigenvalue weighted by Gasteiger charge is -2.09. The molecular weight excluding hydrogens is 441 g/mol. The van der Waals surface area contributed by atoms with Crippen LogP contribution in [0.2, 0.25) is 0 Å². The number of alkyl halides is 3. The van der Waals surface area contributed by atoms with Crippen LogP contribution in [0.5, 0.6) is 0 Å². The van der Waals surface area contributed by atoms with Crippen LogP contribution in [0, 0.1) is 0 Å². The second-order valence-corrected chi connectivity index (χ2v) is 7.98. The molecule has 3 aromatic carbocycles. The van der Waals surface area contributed by atoms with Crippen molar-refractivity contribution in [3.05, 3.63) is 101 Å². The quantitative estimate of drug-likeness (QED) is 0.331. The molecule has 0 atom stereocenters. The molecule has 0 aromatic heterocycles. The van der Waals surface area contributed by atoms with Gasteiger partial charge in [0.2, 0.25) is 0 Å². The molecule has 1 N–H and O–H groups in total. The van der Waals surface area contributed by atoms with Crippen LogP contribution >= 0.6 is 11.8 Å². The maximum Gasteiger partial charge on any atom is 0.416 e. The minimum absolute atomic E-state index is 0.0479. The zero-order chi connectivity index (χ0) is 23.1. The third-order valence-electron chi connectivity index (χ3n) is 4.60. The summed E-state index contributed by atoms with van der Waals surface area (Å²) in [6, 6.07) is 18.5. The smallest absolute Gasteiger partial charge is 0.416 e. The first-order chi connectivity index (χ1) is 15.2. The molecule has 0 aliphatic rings. The SMILES string of the molecule is O=C(Cc1ccc(C(F)(F)F)cc1)OCc1ccc(SCc2ccccc2C(=O)O)cc1. The average Bonchev–Trinajstić information content (AvgIpc) is 2.77. The maximum absolute atomic E-state index is 12.6. The Morgan fingerprint density at radius 1 is 0.875 bits per heavy atom. The van der Waals surface area contributed by atoms with Gasteiger partial charge in [-0.05, 0) is 47.0 Å². The first kappa shape index (κ1) is 23.4. The molecule has 0 radical (unpaired) electrons. The van der Waals surface area contributed by atoms with Gasteiger partial charge >= 0.3 is 18.1 Å². The summed E-state index contributed by atoms with van der Waals surface area (Å²) in [5.74, 6) is -0.993.